The van der Waals surface area contributed by atoms with Crippen LogP contribution in [0.2, 0.25) is 0 Å². The van der Waals surface area contributed by atoms with E-state index in [9.17, 15) is 14.4 Å². The van der Waals surface area contributed by atoms with Crippen LogP contribution in [0.1, 0.15) is 47.4 Å². The lowest BCUT2D eigenvalue weighted by molar-refractivity contribution is -0.154. The molecular weight excluding hydrogens is 296 g/mol. The molecule has 118 valence electrons. The molecule has 2 aromatic rings. The van der Waals surface area contributed by atoms with Gasteiger partial charge < -0.3 is 9.72 Å². The van der Waals surface area contributed by atoms with Gasteiger partial charge in [-0.1, -0.05) is 24.3 Å². The first-order valence-corrected chi connectivity index (χ1v) is 7.25. The standard InChI is InChI=1S/C17H16N2O4/c1-17(2,3)23-12(20)8-11-18-13-9-6-4-5-7-10(9)15(21)16(22)14(13)19-11/h4-7H,8H2,1-3H3,(H,18,19). The van der Waals surface area contributed by atoms with Crippen molar-refractivity contribution in [2.45, 2.75) is 32.8 Å². The highest BCUT2D eigenvalue weighted by Crippen LogP contribution is 2.31. The van der Waals surface area contributed by atoms with Crippen LogP contribution in [0.5, 0.6) is 0 Å². The Bertz CT molecular complexity index is 827. The molecule has 3 rings (SSSR count). The highest BCUT2D eigenvalue weighted by atomic mass is 16.6. The van der Waals surface area contributed by atoms with Gasteiger partial charge in [0.05, 0.1) is 0 Å². The number of carbonyl (C=O) groups excluding carboxylic acids is 3. The molecule has 0 bridgehead atoms. The molecule has 0 saturated heterocycles. The smallest absolute Gasteiger partial charge is 0.313 e. The first-order valence-electron chi connectivity index (χ1n) is 7.25. The Kier molecular flexibility index (Phi) is 3.39. The molecule has 0 spiro atoms. The molecule has 1 aromatic carbocycles. The van der Waals surface area contributed by atoms with Gasteiger partial charge in [0.1, 0.15) is 29.2 Å². The van der Waals surface area contributed by atoms with E-state index in [-0.39, 0.29) is 12.1 Å². The van der Waals surface area contributed by atoms with Crippen LogP contribution in [0.3, 0.4) is 0 Å². The molecule has 0 aliphatic heterocycles. The van der Waals surface area contributed by atoms with Gasteiger partial charge in [0.2, 0.25) is 5.78 Å². The van der Waals surface area contributed by atoms with Crippen LogP contribution in [-0.2, 0) is 16.0 Å². The molecule has 0 amide bonds. The van der Waals surface area contributed by atoms with Crippen molar-refractivity contribution in [1.29, 1.82) is 0 Å². The number of hydrogen-bond donors (Lipinski definition) is 1. The average Bonchev–Trinajstić information content (AvgIpc) is 2.86. The van der Waals surface area contributed by atoms with E-state index < -0.39 is 23.1 Å². The number of ether oxygens (including phenoxy) is 1. The van der Waals surface area contributed by atoms with Gasteiger partial charge in [-0.25, -0.2) is 4.98 Å². The van der Waals surface area contributed by atoms with Gasteiger partial charge in [0.15, 0.2) is 0 Å². The summed E-state index contributed by atoms with van der Waals surface area (Å²) in [5.74, 6) is -1.35. The summed E-state index contributed by atoms with van der Waals surface area (Å²) < 4.78 is 5.24. The minimum absolute atomic E-state index is 0.0894. The monoisotopic (exact) mass is 312 g/mol. The zero-order chi connectivity index (χ0) is 16.8. The second-order valence-corrected chi connectivity index (χ2v) is 6.37. The Morgan fingerprint density at radius 1 is 1.13 bits per heavy atom. The van der Waals surface area contributed by atoms with Crippen molar-refractivity contribution in [3.05, 3.63) is 41.3 Å². The van der Waals surface area contributed by atoms with Crippen molar-refractivity contribution in [2.24, 2.45) is 0 Å². The van der Waals surface area contributed by atoms with E-state index in [4.69, 9.17) is 4.74 Å². The Labute approximate surface area is 132 Å². The molecule has 0 fully saturated rings. The Balaban J connectivity index is 1.96. The van der Waals surface area contributed by atoms with Crippen LogP contribution in [0.25, 0.3) is 11.3 Å². The number of fused-ring (bicyclic) bond motifs is 3. The van der Waals surface area contributed by atoms with E-state index in [1.165, 1.54) is 0 Å². The second-order valence-electron chi connectivity index (χ2n) is 6.37. The van der Waals surface area contributed by atoms with Crippen molar-refractivity contribution in [2.75, 3.05) is 0 Å². The number of imidazole rings is 1. The summed E-state index contributed by atoms with van der Waals surface area (Å²) in [6.45, 7) is 5.32. The molecule has 6 heteroatoms. The molecule has 6 nitrogen and oxygen atoms in total. The summed E-state index contributed by atoms with van der Waals surface area (Å²) in [6.07, 6.45) is -0.0894. The largest absolute Gasteiger partial charge is 0.460 e. The fourth-order valence-electron chi connectivity index (χ4n) is 2.50. The lowest BCUT2D eigenvalue weighted by atomic mass is 9.90. The topological polar surface area (TPSA) is 89.1 Å². The zero-order valence-electron chi connectivity index (χ0n) is 13.1. The number of aromatic nitrogens is 2. The van der Waals surface area contributed by atoms with E-state index in [1.54, 1.807) is 45.0 Å². The van der Waals surface area contributed by atoms with Crippen LogP contribution in [-0.4, -0.2) is 33.1 Å². The number of benzene rings is 1. The lowest BCUT2D eigenvalue weighted by Gasteiger charge is -2.18. The summed E-state index contributed by atoms with van der Waals surface area (Å²) in [4.78, 5) is 43.3. The van der Waals surface area contributed by atoms with Crippen LogP contribution in [0.4, 0.5) is 0 Å². The maximum atomic E-state index is 12.2. The van der Waals surface area contributed by atoms with Gasteiger partial charge in [-0.3, -0.25) is 14.4 Å². The number of aromatic amines is 1. The molecule has 23 heavy (non-hydrogen) atoms. The third-order valence-corrected chi connectivity index (χ3v) is 3.34. The minimum atomic E-state index is -0.637. The number of ketones is 2. The normalized spacial score (nSPS) is 13.5. The predicted molar refractivity (Wildman–Crippen MR) is 82.2 cm³/mol. The van der Waals surface area contributed by atoms with Crippen LogP contribution in [0.15, 0.2) is 24.3 Å². The van der Waals surface area contributed by atoms with Gasteiger partial charge in [-0.15, -0.1) is 0 Å². The Morgan fingerprint density at radius 3 is 2.43 bits per heavy atom. The van der Waals surface area contributed by atoms with Crippen molar-refractivity contribution < 1.29 is 19.1 Å². The maximum Gasteiger partial charge on any atom is 0.313 e. The van der Waals surface area contributed by atoms with Gasteiger partial charge in [0, 0.05) is 11.1 Å². The third kappa shape index (κ3) is 2.79. The first kappa shape index (κ1) is 15.1. The molecule has 1 heterocycles. The quantitative estimate of drug-likeness (QED) is 0.679. The van der Waals surface area contributed by atoms with Crippen molar-refractivity contribution in [3.8, 4) is 11.3 Å². The van der Waals surface area contributed by atoms with E-state index in [2.05, 4.69) is 9.97 Å². The Morgan fingerprint density at radius 2 is 1.78 bits per heavy atom. The summed E-state index contributed by atoms with van der Waals surface area (Å²) in [6, 6.07) is 6.80. The molecule has 1 aliphatic rings. The summed E-state index contributed by atoms with van der Waals surface area (Å²) in [5, 5.41) is 0. The number of hydrogen-bond acceptors (Lipinski definition) is 5. The number of carbonyl (C=O) groups is 3. The highest BCUT2D eigenvalue weighted by molar-refractivity contribution is 6.52. The zero-order valence-corrected chi connectivity index (χ0v) is 13.1. The number of rotatable bonds is 2. The number of H-pyrrole nitrogens is 1. The van der Waals surface area contributed by atoms with Crippen LogP contribution >= 0.6 is 0 Å². The molecule has 0 unspecified atom stereocenters. The van der Waals surface area contributed by atoms with E-state index in [1.807, 2.05) is 0 Å². The summed E-state index contributed by atoms with van der Waals surface area (Å²) >= 11 is 0. The molecular formula is C17H16N2O4. The van der Waals surface area contributed by atoms with Crippen molar-refractivity contribution in [3.63, 3.8) is 0 Å². The lowest BCUT2D eigenvalue weighted by Crippen LogP contribution is -2.25. The fraction of sp³-hybridized carbons (Fsp3) is 0.294. The number of Topliss-reactive ketones (excluding diaryl/α,β-unsaturated/α-hetero) is 2. The molecule has 1 aromatic heterocycles. The first-order chi connectivity index (χ1) is 10.8. The van der Waals surface area contributed by atoms with Crippen LogP contribution in [0, 0.1) is 0 Å². The maximum absolute atomic E-state index is 12.2. The summed E-state index contributed by atoms with van der Waals surface area (Å²) in [7, 11) is 0. The second kappa shape index (κ2) is 5.15. The number of esters is 1. The molecule has 0 saturated carbocycles. The SMILES string of the molecule is CC(C)(C)OC(=O)Cc1nc2c([nH]1)C(=O)C(=O)c1ccccc1-2. The van der Waals surface area contributed by atoms with Gasteiger partial charge in [0.25, 0.3) is 5.78 Å². The number of nitrogens with one attached hydrogen (secondary N) is 1. The van der Waals surface area contributed by atoms with E-state index in [0.29, 0.717) is 22.6 Å². The van der Waals surface area contributed by atoms with E-state index >= 15 is 0 Å². The highest BCUT2D eigenvalue weighted by Gasteiger charge is 2.33. The predicted octanol–water partition coefficient (Wildman–Crippen LogP) is 2.34. The van der Waals surface area contributed by atoms with Crippen LogP contribution < -0.4 is 0 Å². The van der Waals surface area contributed by atoms with E-state index in [0.717, 1.165) is 0 Å². The molecule has 0 radical (unpaired) electrons. The van der Waals surface area contributed by atoms with Gasteiger partial charge in [-0.05, 0) is 20.8 Å². The summed E-state index contributed by atoms with van der Waals surface area (Å²) in [5.41, 5.74) is 0.872. The average molecular weight is 312 g/mol. The molecule has 1 N–H and O–H groups in total. The number of nitrogens with zero attached hydrogens (tertiary/aromatic N) is 1. The Hall–Kier alpha value is -2.76. The third-order valence-electron chi connectivity index (χ3n) is 3.34. The van der Waals surface area contributed by atoms with Gasteiger partial charge in [-0.2, -0.15) is 0 Å². The molecule has 0 atom stereocenters. The fourth-order valence-corrected chi connectivity index (χ4v) is 2.50. The molecule has 1 aliphatic carbocycles. The van der Waals surface area contributed by atoms with Crippen molar-refractivity contribution >= 4 is 17.5 Å². The van der Waals surface area contributed by atoms with Crippen molar-refractivity contribution in [1.82, 2.24) is 9.97 Å². The minimum Gasteiger partial charge on any atom is -0.460 e. The van der Waals surface area contributed by atoms with Gasteiger partial charge >= 0.3 is 5.97 Å².